The Labute approximate surface area is 123 Å². The molecule has 1 aromatic rings. The van der Waals surface area contributed by atoms with Crippen molar-refractivity contribution in [3.05, 3.63) is 28.8 Å². The number of sulfonamides is 1. The third-order valence-corrected chi connectivity index (χ3v) is 5.43. The van der Waals surface area contributed by atoms with Crippen LogP contribution < -0.4 is 10.5 Å². The van der Waals surface area contributed by atoms with Gasteiger partial charge >= 0.3 is 0 Å². The van der Waals surface area contributed by atoms with Gasteiger partial charge in [0.25, 0.3) is 0 Å². The molecule has 1 aliphatic rings. The molecule has 104 valence electrons. The van der Waals surface area contributed by atoms with Gasteiger partial charge in [0.2, 0.25) is 10.0 Å². The van der Waals surface area contributed by atoms with E-state index in [9.17, 15) is 8.42 Å². The number of nitrogens with two attached hydrogens (primary N) is 1. The van der Waals surface area contributed by atoms with E-state index in [1.165, 1.54) is 18.6 Å². The van der Waals surface area contributed by atoms with Crippen LogP contribution in [0.3, 0.4) is 0 Å². The van der Waals surface area contributed by atoms with Crippen molar-refractivity contribution in [3.63, 3.8) is 0 Å². The Kier molecular flexibility index (Phi) is 4.45. The van der Waals surface area contributed by atoms with Crippen molar-refractivity contribution >= 4 is 38.8 Å². The van der Waals surface area contributed by atoms with Crippen molar-refractivity contribution in [2.45, 2.75) is 24.2 Å². The molecule has 1 fully saturated rings. The molecule has 0 aliphatic heterocycles. The summed E-state index contributed by atoms with van der Waals surface area (Å²) in [5.74, 6) is 0.437. The van der Waals surface area contributed by atoms with Gasteiger partial charge in [-0.15, -0.1) is 0 Å². The number of rotatable bonds is 5. The van der Waals surface area contributed by atoms with E-state index in [-0.39, 0.29) is 14.9 Å². The molecule has 1 aromatic carbocycles. The summed E-state index contributed by atoms with van der Waals surface area (Å²) < 4.78 is 27.0. The minimum atomic E-state index is -3.62. The van der Waals surface area contributed by atoms with Crippen molar-refractivity contribution in [2.75, 3.05) is 6.54 Å². The zero-order valence-corrected chi connectivity index (χ0v) is 12.6. The van der Waals surface area contributed by atoms with Gasteiger partial charge in [0.1, 0.15) is 9.88 Å². The molecular weight excluding hydrogens is 304 g/mol. The molecule has 0 unspecified atom stereocenters. The highest BCUT2D eigenvalue weighted by molar-refractivity contribution is 7.89. The van der Waals surface area contributed by atoms with Gasteiger partial charge in [-0.2, -0.15) is 0 Å². The maximum atomic E-state index is 12.2. The van der Waals surface area contributed by atoms with Crippen LogP contribution >= 0.6 is 23.8 Å². The van der Waals surface area contributed by atoms with Crippen LogP contribution in [0.2, 0.25) is 5.02 Å². The summed E-state index contributed by atoms with van der Waals surface area (Å²) in [6.07, 6.45) is 3.32. The molecule has 0 saturated heterocycles. The Hall–Kier alpha value is -0.690. The predicted octanol–water partition coefficient (Wildman–Crippen LogP) is 2.05. The molecule has 0 bridgehead atoms. The SMILES string of the molecule is NC(=S)c1ccc(Cl)c(S(=O)(=O)NCC2CCC2)c1. The van der Waals surface area contributed by atoms with Gasteiger partial charge in [-0.3, -0.25) is 0 Å². The van der Waals surface area contributed by atoms with Crippen LogP contribution in [0, 0.1) is 5.92 Å². The highest BCUT2D eigenvalue weighted by atomic mass is 35.5. The first kappa shape index (κ1) is 14.7. The number of hydrogen-bond donors (Lipinski definition) is 2. The molecule has 1 saturated carbocycles. The minimum absolute atomic E-state index is 0.0267. The van der Waals surface area contributed by atoms with Crippen LogP contribution in [0.1, 0.15) is 24.8 Å². The quantitative estimate of drug-likeness (QED) is 0.815. The van der Waals surface area contributed by atoms with E-state index in [4.69, 9.17) is 29.6 Å². The Bertz CT molecular complexity index is 598. The molecular formula is C12H15ClN2O2S2. The van der Waals surface area contributed by atoms with E-state index in [0.717, 1.165) is 12.8 Å². The van der Waals surface area contributed by atoms with E-state index < -0.39 is 10.0 Å². The summed E-state index contributed by atoms with van der Waals surface area (Å²) in [5.41, 5.74) is 5.99. The van der Waals surface area contributed by atoms with Gasteiger partial charge in [-0.1, -0.05) is 36.3 Å². The average molecular weight is 319 g/mol. The van der Waals surface area contributed by atoms with Crippen molar-refractivity contribution in [1.29, 1.82) is 0 Å². The Morgan fingerprint density at radius 1 is 1.47 bits per heavy atom. The molecule has 0 aromatic heterocycles. The second kappa shape index (κ2) is 5.75. The lowest BCUT2D eigenvalue weighted by atomic mass is 9.86. The van der Waals surface area contributed by atoms with Crippen molar-refractivity contribution in [1.82, 2.24) is 4.72 Å². The molecule has 7 heteroatoms. The molecule has 1 aliphatic carbocycles. The van der Waals surface area contributed by atoms with Crippen LogP contribution in [0.5, 0.6) is 0 Å². The molecule has 2 rings (SSSR count). The Morgan fingerprint density at radius 2 is 2.16 bits per heavy atom. The molecule has 19 heavy (non-hydrogen) atoms. The Balaban J connectivity index is 2.22. The molecule has 0 spiro atoms. The first-order valence-electron chi connectivity index (χ1n) is 5.99. The summed E-state index contributed by atoms with van der Waals surface area (Å²) in [6, 6.07) is 4.51. The maximum absolute atomic E-state index is 12.2. The van der Waals surface area contributed by atoms with Gasteiger partial charge < -0.3 is 5.73 Å². The average Bonchev–Trinajstić information content (AvgIpc) is 2.26. The third kappa shape index (κ3) is 3.45. The van der Waals surface area contributed by atoms with E-state index in [1.54, 1.807) is 6.07 Å². The summed E-state index contributed by atoms with van der Waals surface area (Å²) in [5, 5.41) is 0.168. The second-order valence-electron chi connectivity index (χ2n) is 4.66. The number of benzene rings is 1. The number of hydrogen-bond acceptors (Lipinski definition) is 3. The largest absolute Gasteiger partial charge is 0.389 e. The van der Waals surface area contributed by atoms with E-state index in [0.29, 0.717) is 18.0 Å². The van der Waals surface area contributed by atoms with Gasteiger partial charge in [-0.25, -0.2) is 13.1 Å². The maximum Gasteiger partial charge on any atom is 0.242 e. The van der Waals surface area contributed by atoms with Crippen LogP contribution in [-0.4, -0.2) is 20.0 Å². The fourth-order valence-corrected chi connectivity index (χ4v) is 3.63. The van der Waals surface area contributed by atoms with Gasteiger partial charge in [-0.05, 0) is 30.9 Å². The van der Waals surface area contributed by atoms with Crippen LogP contribution in [0.25, 0.3) is 0 Å². The van der Waals surface area contributed by atoms with Gasteiger partial charge in [0, 0.05) is 12.1 Å². The van der Waals surface area contributed by atoms with Crippen LogP contribution in [-0.2, 0) is 10.0 Å². The van der Waals surface area contributed by atoms with Crippen LogP contribution in [0.15, 0.2) is 23.1 Å². The number of nitrogens with one attached hydrogen (secondary N) is 1. The lowest BCUT2D eigenvalue weighted by Gasteiger charge is -2.25. The molecule has 0 atom stereocenters. The molecule has 3 N–H and O–H groups in total. The highest BCUT2D eigenvalue weighted by Gasteiger charge is 2.23. The number of thiocarbonyl (C=S) groups is 1. The van der Waals surface area contributed by atoms with Gasteiger partial charge in [0.15, 0.2) is 0 Å². The third-order valence-electron chi connectivity index (χ3n) is 3.29. The molecule has 0 radical (unpaired) electrons. The van der Waals surface area contributed by atoms with E-state index in [1.807, 2.05) is 0 Å². The smallest absolute Gasteiger partial charge is 0.242 e. The Morgan fingerprint density at radius 3 is 2.68 bits per heavy atom. The van der Waals surface area contributed by atoms with Crippen molar-refractivity contribution in [2.24, 2.45) is 11.7 Å². The number of halogens is 1. The molecule has 0 heterocycles. The summed E-state index contributed by atoms with van der Waals surface area (Å²) in [7, 11) is -3.62. The molecule has 4 nitrogen and oxygen atoms in total. The summed E-state index contributed by atoms with van der Waals surface area (Å²) in [6.45, 7) is 0.454. The highest BCUT2D eigenvalue weighted by Crippen LogP contribution is 2.27. The van der Waals surface area contributed by atoms with E-state index >= 15 is 0 Å². The monoisotopic (exact) mass is 318 g/mol. The lowest BCUT2D eigenvalue weighted by molar-refractivity contribution is 0.316. The summed E-state index contributed by atoms with van der Waals surface area (Å²) >= 11 is 10.8. The fraction of sp³-hybridized carbons (Fsp3) is 0.417. The van der Waals surface area contributed by atoms with Crippen LogP contribution in [0.4, 0.5) is 0 Å². The predicted molar refractivity (Wildman–Crippen MR) is 79.9 cm³/mol. The van der Waals surface area contributed by atoms with Crippen molar-refractivity contribution in [3.8, 4) is 0 Å². The standard InChI is InChI=1S/C12H15ClN2O2S2/c13-10-5-4-9(12(14)18)6-11(10)19(16,17)15-7-8-2-1-3-8/h4-6,8,15H,1-3,7H2,(H2,14,18). The fourth-order valence-electron chi connectivity index (χ4n) is 1.86. The second-order valence-corrected chi connectivity index (χ2v) is 7.24. The first-order valence-corrected chi connectivity index (χ1v) is 8.26. The first-order chi connectivity index (χ1) is 8.90. The topological polar surface area (TPSA) is 72.2 Å². The minimum Gasteiger partial charge on any atom is -0.389 e. The zero-order chi connectivity index (χ0) is 14.0. The van der Waals surface area contributed by atoms with E-state index in [2.05, 4.69) is 4.72 Å². The van der Waals surface area contributed by atoms with Gasteiger partial charge in [0.05, 0.1) is 5.02 Å². The summed E-state index contributed by atoms with van der Waals surface area (Å²) in [4.78, 5) is 0.172. The lowest BCUT2D eigenvalue weighted by Crippen LogP contribution is -2.32. The van der Waals surface area contributed by atoms with Crippen molar-refractivity contribution < 1.29 is 8.42 Å². The zero-order valence-electron chi connectivity index (χ0n) is 10.2. The molecule has 0 amide bonds. The normalized spacial score (nSPS) is 16.1.